The molecule has 1 unspecified atom stereocenters. The van der Waals surface area contributed by atoms with E-state index in [1.54, 1.807) is 12.1 Å². The highest BCUT2D eigenvalue weighted by molar-refractivity contribution is 14.0. The van der Waals surface area contributed by atoms with Crippen LogP contribution in [-0.4, -0.2) is 80.7 Å². The van der Waals surface area contributed by atoms with Crippen molar-refractivity contribution in [2.45, 2.75) is 5.92 Å². The number of nitrogens with zero attached hydrogens (tertiary/aromatic N) is 4. The Balaban J connectivity index is 0.00000306. The number of benzene rings is 2. The first kappa shape index (κ1) is 25.2. The fourth-order valence-electron chi connectivity index (χ4n) is 4.15. The van der Waals surface area contributed by atoms with Crippen LogP contribution >= 0.6 is 24.0 Å². The maximum atomic E-state index is 13.2. The second-order valence-corrected chi connectivity index (χ2v) is 8.05. The summed E-state index contributed by atoms with van der Waals surface area (Å²) in [5, 5.41) is 0. The molecule has 2 N–H and O–H groups in total. The Morgan fingerprint density at radius 2 is 1.58 bits per heavy atom. The van der Waals surface area contributed by atoms with Crippen LogP contribution in [0.25, 0.3) is 0 Å². The molecule has 1 amide bonds. The number of piperazine rings is 1. The van der Waals surface area contributed by atoms with Crippen molar-refractivity contribution in [3.8, 4) is 0 Å². The van der Waals surface area contributed by atoms with Crippen LogP contribution in [0.3, 0.4) is 0 Å². The Hall–Kier alpha value is -2.40. The third-order valence-corrected chi connectivity index (χ3v) is 6.05. The maximum Gasteiger partial charge on any atom is 0.232 e. The Kier molecular flexibility index (Phi) is 9.30. The van der Waals surface area contributed by atoms with Gasteiger partial charge >= 0.3 is 0 Å². The Morgan fingerprint density at radius 1 is 0.939 bits per heavy atom. The van der Waals surface area contributed by atoms with Gasteiger partial charge in [0.25, 0.3) is 0 Å². The largest absolute Gasteiger partial charge is 0.378 e. The van der Waals surface area contributed by atoms with Gasteiger partial charge in [0, 0.05) is 45.0 Å². The van der Waals surface area contributed by atoms with Crippen LogP contribution in [-0.2, 0) is 9.53 Å². The quantitative estimate of drug-likeness (QED) is 0.342. The molecule has 1 atom stereocenters. The van der Waals surface area contributed by atoms with Crippen LogP contribution < -0.4 is 10.6 Å². The molecule has 0 aromatic heterocycles. The fraction of sp³-hybridized carbons (Fsp3) is 0.417. The molecule has 2 saturated heterocycles. The van der Waals surface area contributed by atoms with Crippen molar-refractivity contribution in [3.05, 3.63) is 66.0 Å². The van der Waals surface area contributed by atoms with E-state index < -0.39 is 0 Å². The highest BCUT2D eigenvalue weighted by Gasteiger charge is 2.27. The van der Waals surface area contributed by atoms with E-state index in [2.05, 4.69) is 9.89 Å². The highest BCUT2D eigenvalue weighted by Crippen LogP contribution is 2.21. The number of carbonyl (C=O) groups is 1. The van der Waals surface area contributed by atoms with Gasteiger partial charge in [-0.05, 0) is 29.8 Å². The molecular weight excluding hydrogens is 536 g/mol. The number of morpholine rings is 1. The fourth-order valence-corrected chi connectivity index (χ4v) is 4.15. The van der Waals surface area contributed by atoms with E-state index in [1.807, 2.05) is 40.1 Å². The second-order valence-electron chi connectivity index (χ2n) is 8.05. The molecular formula is C24H31FIN5O2. The summed E-state index contributed by atoms with van der Waals surface area (Å²) in [6.07, 6.45) is 0. The van der Waals surface area contributed by atoms with Crippen molar-refractivity contribution >= 4 is 41.5 Å². The summed E-state index contributed by atoms with van der Waals surface area (Å²) in [6.45, 7) is 5.64. The molecule has 178 valence electrons. The number of nitrogens with two attached hydrogens (primary N) is 1. The average Bonchev–Trinajstić information content (AvgIpc) is 2.86. The van der Waals surface area contributed by atoms with Crippen molar-refractivity contribution < 1.29 is 13.9 Å². The Morgan fingerprint density at radius 3 is 2.21 bits per heavy atom. The van der Waals surface area contributed by atoms with E-state index in [1.165, 1.54) is 12.1 Å². The zero-order valence-corrected chi connectivity index (χ0v) is 20.9. The normalized spacial score (nSPS) is 18.0. The number of ether oxygens (including phenoxy) is 1. The third kappa shape index (κ3) is 6.57. The molecule has 0 bridgehead atoms. The summed E-state index contributed by atoms with van der Waals surface area (Å²) in [6, 6.07) is 16.3. The van der Waals surface area contributed by atoms with Gasteiger partial charge in [-0.3, -0.25) is 9.79 Å². The average molecular weight is 567 g/mol. The Labute approximate surface area is 211 Å². The minimum Gasteiger partial charge on any atom is -0.378 e. The van der Waals surface area contributed by atoms with Gasteiger partial charge in [0.1, 0.15) is 5.82 Å². The number of hydrogen-bond donors (Lipinski definition) is 1. The SMILES string of the molecule is I.NC(=NCC(C(=O)N1CCOCC1)c1ccccc1)N1CCN(c2ccc(F)cc2)CC1. The number of anilines is 1. The number of aliphatic imine (C=N–C) groups is 1. The van der Waals surface area contributed by atoms with Crippen LogP contribution in [0.15, 0.2) is 59.6 Å². The van der Waals surface area contributed by atoms with Crippen LogP contribution in [0.2, 0.25) is 0 Å². The molecule has 2 aliphatic heterocycles. The molecule has 0 spiro atoms. The molecule has 7 nitrogen and oxygen atoms in total. The molecule has 0 aliphatic carbocycles. The van der Waals surface area contributed by atoms with Crippen molar-refractivity contribution in [2.75, 3.05) is 63.9 Å². The highest BCUT2D eigenvalue weighted by atomic mass is 127. The molecule has 0 radical (unpaired) electrons. The summed E-state index contributed by atoms with van der Waals surface area (Å²) in [7, 11) is 0. The van der Waals surface area contributed by atoms with E-state index in [9.17, 15) is 9.18 Å². The summed E-state index contributed by atoms with van der Waals surface area (Å²) in [4.78, 5) is 24.0. The predicted molar refractivity (Wildman–Crippen MR) is 139 cm³/mol. The summed E-state index contributed by atoms with van der Waals surface area (Å²) in [5.41, 5.74) is 8.27. The lowest BCUT2D eigenvalue weighted by Gasteiger charge is -2.36. The van der Waals surface area contributed by atoms with Crippen molar-refractivity contribution in [2.24, 2.45) is 10.7 Å². The summed E-state index contributed by atoms with van der Waals surface area (Å²) >= 11 is 0. The van der Waals surface area contributed by atoms with Gasteiger partial charge in [0.15, 0.2) is 5.96 Å². The van der Waals surface area contributed by atoms with E-state index in [0.717, 1.165) is 37.4 Å². The number of amides is 1. The van der Waals surface area contributed by atoms with E-state index in [-0.39, 0.29) is 41.6 Å². The van der Waals surface area contributed by atoms with Crippen molar-refractivity contribution in [3.63, 3.8) is 0 Å². The molecule has 0 saturated carbocycles. The van der Waals surface area contributed by atoms with Crippen LogP contribution in [0.4, 0.5) is 10.1 Å². The lowest BCUT2D eigenvalue weighted by molar-refractivity contribution is -0.136. The number of carbonyl (C=O) groups excluding carboxylic acids is 1. The lowest BCUT2D eigenvalue weighted by Crippen LogP contribution is -2.51. The van der Waals surface area contributed by atoms with Gasteiger partial charge in [-0.25, -0.2) is 4.39 Å². The first-order valence-electron chi connectivity index (χ1n) is 11.1. The number of rotatable bonds is 5. The minimum atomic E-state index is -0.367. The lowest BCUT2D eigenvalue weighted by atomic mass is 9.97. The number of halogens is 2. The number of hydrogen-bond acceptors (Lipinski definition) is 4. The van der Waals surface area contributed by atoms with Gasteiger partial charge < -0.3 is 25.2 Å². The zero-order valence-electron chi connectivity index (χ0n) is 18.6. The Bertz CT molecular complexity index is 914. The van der Waals surface area contributed by atoms with E-state index in [4.69, 9.17) is 10.5 Å². The molecule has 2 aromatic carbocycles. The molecule has 2 heterocycles. The molecule has 2 aromatic rings. The summed E-state index contributed by atoms with van der Waals surface area (Å²) < 4.78 is 18.6. The van der Waals surface area contributed by atoms with Gasteiger partial charge in [-0.2, -0.15) is 0 Å². The van der Waals surface area contributed by atoms with Crippen LogP contribution in [0, 0.1) is 5.82 Å². The first-order chi connectivity index (χ1) is 15.6. The first-order valence-corrected chi connectivity index (χ1v) is 11.1. The maximum absolute atomic E-state index is 13.2. The number of guanidine groups is 1. The molecule has 2 fully saturated rings. The molecule has 2 aliphatic rings. The van der Waals surface area contributed by atoms with Gasteiger partial charge in [-0.15, -0.1) is 24.0 Å². The van der Waals surface area contributed by atoms with Crippen molar-refractivity contribution in [1.82, 2.24) is 9.80 Å². The standard InChI is InChI=1S/C24H30FN5O2.HI/c25-20-6-8-21(9-7-20)28-10-12-30(13-11-28)24(26)27-18-22(19-4-2-1-3-5-19)23(31)29-14-16-32-17-15-29;/h1-9,22H,10-18H2,(H2,26,27);1H. The topological polar surface area (TPSA) is 74.4 Å². The second kappa shape index (κ2) is 12.2. The smallest absolute Gasteiger partial charge is 0.232 e. The van der Waals surface area contributed by atoms with E-state index in [0.29, 0.717) is 38.8 Å². The molecule has 4 rings (SSSR count). The zero-order chi connectivity index (χ0) is 22.3. The van der Waals surface area contributed by atoms with Gasteiger partial charge in [0.05, 0.1) is 25.7 Å². The van der Waals surface area contributed by atoms with E-state index >= 15 is 0 Å². The van der Waals surface area contributed by atoms with Gasteiger partial charge in [-0.1, -0.05) is 30.3 Å². The third-order valence-electron chi connectivity index (χ3n) is 6.05. The predicted octanol–water partition coefficient (Wildman–Crippen LogP) is 2.52. The molecule has 9 heteroatoms. The van der Waals surface area contributed by atoms with Crippen LogP contribution in [0.1, 0.15) is 11.5 Å². The molecule has 33 heavy (non-hydrogen) atoms. The van der Waals surface area contributed by atoms with Crippen LogP contribution in [0.5, 0.6) is 0 Å². The van der Waals surface area contributed by atoms with Gasteiger partial charge in [0.2, 0.25) is 5.91 Å². The van der Waals surface area contributed by atoms with Crippen molar-refractivity contribution in [1.29, 1.82) is 0 Å². The minimum absolute atomic E-state index is 0. The monoisotopic (exact) mass is 567 g/mol. The summed E-state index contributed by atoms with van der Waals surface area (Å²) in [5.74, 6) is -0.0756.